The third kappa shape index (κ3) is 3.80. The minimum Gasteiger partial charge on any atom is -0.497 e. The van der Waals surface area contributed by atoms with E-state index >= 15 is 0 Å². The number of ether oxygens (including phenoxy) is 2. The molecule has 142 valence electrons. The van der Waals surface area contributed by atoms with E-state index in [1.54, 1.807) is 25.5 Å². The molecule has 9 nitrogen and oxygen atoms in total. The van der Waals surface area contributed by atoms with Crippen molar-refractivity contribution in [1.82, 2.24) is 20.9 Å². The number of rotatable bonds is 4. The van der Waals surface area contributed by atoms with Crippen molar-refractivity contribution >= 4 is 5.96 Å². The Labute approximate surface area is 156 Å². The molecule has 27 heavy (non-hydrogen) atoms. The molecule has 2 aliphatic heterocycles. The quantitative estimate of drug-likeness (QED) is 0.724. The normalized spacial score (nSPS) is 22.8. The van der Waals surface area contributed by atoms with Gasteiger partial charge in [0.05, 0.1) is 20.3 Å². The maximum Gasteiger partial charge on any atom is 0.212 e. The van der Waals surface area contributed by atoms with Gasteiger partial charge in [-0.1, -0.05) is 5.16 Å². The molecule has 4 N–H and O–H groups in total. The monoisotopic (exact) mass is 370 g/mol. The van der Waals surface area contributed by atoms with E-state index < -0.39 is 5.66 Å². The highest BCUT2D eigenvalue weighted by molar-refractivity contribution is 5.82. The minimum atomic E-state index is -1.14. The number of nitrogens with two attached hydrogens (primary N) is 1. The van der Waals surface area contributed by atoms with Crippen molar-refractivity contribution in [3.63, 3.8) is 0 Å². The van der Waals surface area contributed by atoms with Gasteiger partial charge in [-0.25, -0.2) is 10.0 Å². The minimum absolute atomic E-state index is 0.451. The van der Waals surface area contributed by atoms with Gasteiger partial charge in [-0.3, -0.25) is 11.2 Å². The first-order valence-electron chi connectivity index (χ1n) is 8.70. The summed E-state index contributed by atoms with van der Waals surface area (Å²) in [5.74, 6) is 1.78. The standard InChI is InChI=1S/C18H22N6O3/c1-25-14-4-2-13(3-5-14)15-12-16(27-23-15)18(19)6-7-20-17(21-18)22-24-8-10-26-11-9-24/h2-7,12H,8-11,19H2,1H3,(H2,20,21,22). The Kier molecular flexibility index (Phi) is 4.80. The van der Waals surface area contributed by atoms with Crippen molar-refractivity contribution in [2.45, 2.75) is 5.66 Å². The molecule has 1 atom stereocenters. The number of methoxy groups -OCH3 is 1. The van der Waals surface area contributed by atoms with E-state index in [-0.39, 0.29) is 0 Å². The van der Waals surface area contributed by atoms with E-state index in [9.17, 15) is 0 Å². The van der Waals surface area contributed by atoms with E-state index in [4.69, 9.17) is 19.7 Å². The van der Waals surface area contributed by atoms with Crippen LogP contribution in [0, 0.1) is 0 Å². The smallest absolute Gasteiger partial charge is 0.212 e. The number of hydrazine groups is 1. The summed E-state index contributed by atoms with van der Waals surface area (Å²) in [5, 5.41) is 9.22. The Bertz CT molecular complexity index is 841. The molecule has 4 rings (SSSR count). The molecule has 2 aliphatic rings. The fourth-order valence-electron chi connectivity index (χ4n) is 2.88. The summed E-state index contributed by atoms with van der Waals surface area (Å²) >= 11 is 0. The average Bonchev–Trinajstić information content (AvgIpc) is 3.20. The molecule has 0 saturated carbocycles. The maximum absolute atomic E-state index is 6.46. The third-order valence-corrected chi connectivity index (χ3v) is 4.42. The predicted octanol–water partition coefficient (Wildman–Crippen LogP) is 0.771. The van der Waals surface area contributed by atoms with Crippen molar-refractivity contribution in [3.05, 3.63) is 48.4 Å². The largest absolute Gasteiger partial charge is 0.497 e. The molecule has 1 saturated heterocycles. The number of aromatic nitrogens is 1. The Hall–Kier alpha value is -2.88. The Morgan fingerprint density at radius 1 is 1.26 bits per heavy atom. The van der Waals surface area contributed by atoms with Crippen LogP contribution in [0.2, 0.25) is 0 Å². The Balaban J connectivity index is 1.53. The Morgan fingerprint density at radius 2 is 2.04 bits per heavy atom. The lowest BCUT2D eigenvalue weighted by atomic mass is 10.1. The van der Waals surface area contributed by atoms with Crippen LogP contribution in [0.3, 0.4) is 0 Å². The lowest BCUT2D eigenvalue weighted by molar-refractivity contribution is 0.0241. The molecule has 0 amide bonds. The third-order valence-electron chi connectivity index (χ3n) is 4.42. The van der Waals surface area contributed by atoms with Crippen molar-refractivity contribution < 1.29 is 14.0 Å². The molecule has 1 aromatic heterocycles. The van der Waals surface area contributed by atoms with Crippen LogP contribution in [0.1, 0.15) is 5.76 Å². The molecule has 9 heteroatoms. The summed E-state index contributed by atoms with van der Waals surface area (Å²) in [4.78, 5) is 4.56. The van der Waals surface area contributed by atoms with Gasteiger partial charge in [0.15, 0.2) is 11.4 Å². The van der Waals surface area contributed by atoms with E-state index in [2.05, 4.69) is 20.9 Å². The first-order valence-corrected chi connectivity index (χ1v) is 8.70. The number of nitrogens with zero attached hydrogens (tertiary/aromatic N) is 3. The zero-order valence-electron chi connectivity index (χ0n) is 15.0. The summed E-state index contributed by atoms with van der Waals surface area (Å²) in [7, 11) is 1.63. The molecule has 2 aromatic rings. The van der Waals surface area contributed by atoms with Crippen molar-refractivity contribution in [2.75, 3.05) is 33.4 Å². The number of nitrogens with one attached hydrogen (secondary N) is 2. The maximum atomic E-state index is 6.46. The summed E-state index contributed by atoms with van der Waals surface area (Å²) in [5.41, 5.74) is 10.1. The van der Waals surface area contributed by atoms with Gasteiger partial charge in [-0.05, 0) is 30.3 Å². The number of hydrogen-bond donors (Lipinski definition) is 3. The van der Waals surface area contributed by atoms with E-state index in [0.29, 0.717) is 30.6 Å². The van der Waals surface area contributed by atoms with Gasteiger partial charge < -0.3 is 19.3 Å². The number of morpholine rings is 1. The second-order valence-electron chi connectivity index (χ2n) is 6.28. The number of guanidine groups is 1. The first-order chi connectivity index (χ1) is 13.2. The van der Waals surface area contributed by atoms with Gasteiger partial charge in [0.25, 0.3) is 0 Å². The fourth-order valence-corrected chi connectivity index (χ4v) is 2.88. The van der Waals surface area contributed by atoms with Crippen LogP contribution in [0.25, 0.3) is 11.3 Å². The molecule has 1 unspecified atom stereocenters. The van der Waals surface area contributed by atoms with Crippen molar-refractivity contribution in [3.8, 4) is 17.0 Å². The van der Waals surface area contributed by atoms with Gasteiger partial charge in [0.2, 0.25) is 5.96 Å². The topological polar surface area (TPSA) is 110 Å². The molecule has 0 radical (unpaired) electrons. The van der Waals surface area contributed by atoms with Crippen LogP contribution >= 0.6 is 0 Å². The summed E-state index contributed by atoms with van der Waals surface area (Å²) in [6.45, 7) is 2.90. The molecule has 0 bridgehead atoms. The lowest BCUT2D eigenvalue weighted by Crippen LogP contribution is -2.54. The molecular weight excluding hydrogens is 348 g/mol. The Morgan fingerprint density at radius 3 is 2.78 bits per heavy atom. The molecule has 1 fully saturated rings. The highest BCUT2D eigenvalue weighted by Crippen LogP contribution is 2.28. The lowest BCUT2D eigenvalue weighted by Gasteiger charge is -2.31. The van der Waals surface area contributed by atoms with Gasteiger partial charge in [0.1, 0.15) is 11.4 Å². The van der Waals surface area contributed by atoms with Gasteiger partial charge in [0, 0.05) is 30.9 Å². The zero-order chi connectivity index (χ0) is 18.7. The van der Waals surface area contributed by atoms with Gasteiger partial charge in [-0.2, -0.15) is 0 Å². The highest BCUT2D eigenvalue weighted by atomic mass is 16.5. The van der Waals surface area contributed by atoms with Gasteiger partial charge >= 0.3 is 0 Å². The summed E-state index contributed by atoms with van der Waals surface area (Å²) < 4.78 is 16.0. The highest BCUT2D eigenvalue weighted by Gasteiger charge is 2.32. The average molecular weight is 370 g/mol. The second-order valence-corrected chi connectivity index (χ2v) is 6.28. The number of hydrogen-bond acceptors (Lipinski definition) is 9. The SMILES string of the molecule is COc1ccc(-c2cc(C3(N)C=CNC(NN4CCOCC4)=N3)on2)cc1. The molecule has 1 aromatic carbocycles. The van der Waals surface area contributed by atoms with E-state index in [1.807, 2.05) is 29.3 Å². The van der Waals surface area contributed by atoms with Crippen LogP contribution < -0.4 is 21.2 Å². The van der Waals surface area contributed by atoms with Crippen molar-refractivity contribution in [1.29, 1.82) is 0 Å². The van der Waals surface area contributed by atoms with Gasteiger partial charge in [-0.15, -0.1) is 0 Å². The molecule has 0 spiro atoms. The second kappa shape index (κ2) is 7.39. The predicted molar refractivity (Wildman–Crippen MR) is 99.6 cm³/mol. The fraction of sp³-hybridized carbons (Fsp3) is 0.333. The van der Waals surface area contributed by atoms with Crippen LogP contribution in [0.15, 0.2) is 52.1 Å². The van der Waals surface area contributed by atoms with Crippen LogP contribution in [0.5, 0.6) is 5.75 Å². The van der Waals surface area contributed by atoms with E-state index in [0.717, 1.165) is 24.4 Å². The van der Waals surface area contributed by atoms with E-state index in [1.165, 1.54) is 0 Å². The zero-order valence-corrected chi connectivity index (χ0v) is 15.0. The van der Waals surface area contributed by atoms with Crippen LogP contribution in [0.4, 0.5) is 0 Å². The van der Waals surface area contributed by atoms with Crippen molar-refractivity contribution in [2.24, 2.45) is 10.7 Å². The van der Waals surface area contributed by atoms with Crippen LogP contribution in [-0.4, -0.2) is 49.5 Å². The molecule has 0 aliphatic carbocycles. The van der Waals surface area contributed by atoms with Crippen LogP contribution in [-0.2, 0) is 10.4 Å². The molecular formula is C18H22N6O3. The number of aliphatic imine (C=N–C) groups is 1. The summed E-state index contributed by atoms with van der Waals surface area (Å²) in [6.07, 6.45) is 3.47. The molecule has 3 heterocycles. The summed E-state index contributed by atoms with van der Waals surface area (Å²) in [6, 6.07) is 9.37. The first kappa shape index (κ1) is 17.5. The number of benzene rings is 1.